The van der Waals surface area contributed by atoms with Gasteiger partial charge in [0.15, 0.2) is 17.3 Å². The number of aromatic amines is 1. The fourth-order valence-corrected chi connectivity index (χ4v) is 3.10. The fraction of sp³-hybridized carbons (Fsp3) is 0.625. The van der Waals surface area contributed by atoms with E-state index in [1.54, 1.807) is 16.6 Å². The number of nitrogens with one attached hydrogen (secondary N) is 2. The summed E-state index contributed by atoms with van der Waals surface area (Å²) >= 11 is 0. The molecule has 1 fully saturated rings. The second-order valence-electron chi connectivity index (χ2n) is 8.05. The van der Waals surface area contributed by atoms with Crippen molar-refractivity contribution >= 4 is 22.9 Å². The summed E-state index contributed by atoms with van der Waals surface area (Å²) in [6.45, 7) is 5.76. The third-order valence-electron chi connectivity index (χ3n) is 4.37. The van der Waals surface area contributed by atoms with E-state index in [0.717, 1.165) is 0 Å². The van der Waals surface area contributed by atoms with E-state index in [1.807, 2.05) is 20.8 Å². The van der Waals surface area contributed by atoms with Crippen molar-refractivity contribution in [3.8, 4) is 0 Å². The predicted molar refractivity (Wildman–Crippen MR) is 98.4 cm³/mol. The lowest BCUT2D eigenvalue weighted by atomic mass is 10.1. The van der Waals surface area contributed by atoms with Gasteiger partial charge in [-0.1, -0.05) is 0 Å². The molecule has 0 saturated carbocycles. The smallest absolute Gasteiger partial charge is 0.266 e. The lowest BCUT2D eigenvalue weighted by Gasteiger charge is -2.22. The highest BCUT2D eigenvalue weighted by Crippen LogP contribution is 2.33. The molecule has 0 radical (unpaired) electrons. The Balaban J connectivity index is 1.76. The number of fused-ring (bicyclic) bond motifs is 1. The summed E-state index contributed by atoms with van der Waals surface area (Å²) in [6.07, 6.45) is 0.156. The Bertz CT molecular complexity index is 1000. The zero-order valence-corrected chi connectivity index (χ0v) is 16.2. The molecule has 3 aromatic heterocycles. The predicted octanol–water partition coefficient (Wildman–Crippen LogP) is 1.52. The Hall–Kier alpha value is -2.92. The summed E-state index contributed by atoms with van der Waals surface area (Å²) in [5.41, 5.74) is 0.656. The molecule has 0 aliphatic carbocycles. The summed E-state index contributed by atoms with van der Waals surface area (Å²) in [5, 5.41) is 14.6. The minimum atomic E-state index is -2.73. The van der Waals surface area contributed by atoms with Crippen LogP contribution in [0.15, 0.2) is 0 Å². The van der Waals surface area contributed by atoms with Gasteiger partial charge in [0.25, 0.3) is 5.92 Å². The van der Waals surface area contributed by atoms with Crippen LogP contribution >= 0.6 is 0 Å². The zero-order chi connectivity index (χ0) is 20.1. The second kappa shape index (κ2) is 6.31. The van der Waals surface area contributed by atoms with E-state index in [2.05, 4.69) is 40.8 Å². The maximum atomic E-state index is 13.8. The van der Waals surface area contributed by atoms with E-state index < -0.39 is 5.92 Å². The van der Waals surface area contributed by atoms with Crippen LogP contribution in [0, 0.1) is 0 Å². The van der Waals surface area contributed by atoms with E-state index in [-0.39, 0.29) is 25.0 Å². The van der Waals surface area contributed by atoms with Gasteiger partial charge in [0, 0.05) is 25.6 Å². The van der Waals surface area contributed by atoms with Crippen molar-refractivity contribution in [1.29, 1.82) is 0 Å². The first-order chi connectivity index (χ1) is 13.1. The number of rotatable bonds is 4. The Kier molecular flexibility index (Phi) is 4.16. The molecule has 0 bridgehead atoms. The number of aryl methyl sites for hydroxylation is 1. The number of aromatic nitrogens is 8. The summed E-state index contributed by atoms with van der Waals surface area (Å²) in [6, 6.07) is 0. The van der Waals surface area contributed by atoms with Gasteiger partial charge in [-0.2, -0.15) is 9.97 Å². The van der Waals surface area contributed by atoms with Crippen LogP contribution < -0.4 is 10.2 Å². The molecule has 28 heavy (non-hydrogen) atoms. The van der Waals surface area contributed by atoms with Gasteiger partial charge in [-0.15, -0.1) is 5.10 Å². The number of anilines is 2. The molecule has 150 valence electrons. The monoisotopic (exact) mass is 392 g/mol. The van der Waals surface area contributed by atoms with Gasteiger partial charge < -0.3 is 15.2 Å². The molecule has 12 heteroatoms. The summed E-state index contributed by atoms with van der Waals surface area (Å²) in [4.78, 5) is 18.2. The Morgan fingerprint density at radius 3 is 2.61 bits per heavy atom. The molecule has 1 aliphatic rings. The maximum Gasteiger partial charge on any atom is 0.266 e. The van der Waals surface area contributed by atoms with Crippen LogP contribution in [0.4, 0.5) is 20.5 Å². The molecule has 3 aromatic rings. The summed E-state index contributed by atoms with van der Waals surface area (Å²) in [5.74, 6) is -0.758. The largest absolute Gasteiger partial charge is 0.350 e. The van der Waals surface area contributed by atoms with Gasteiger partial charge in [-0.3, -0.25) is 0 Å². The quantitative estimate of drug-likeness (QED) is 0.687. The van der Waals surface area contributed by atoms with Crippen molar-refractivity contribution in [1.82, 2.24) is 40.1 Å². The van der Waals surface area contributed by atoms with Crippen LogP contribution in [0.2, 0.25) is 0 Å². The van der Waals surface area contributed by atoms with E-state index >= 15 is 0 Å². The first-order valence-electron chi connectivity index (χ1n) is 8.98. The Labute approximate surface area is 159 Å². The molecule has 0 aromatic carbocycles. The van der Waals surface area contributed by atoms with E-state index in [0.29, 0.717) is 41.0 Å². The average Bonchev–Trinajstić information content (AvgIpc) is 3.24. The number of hydrogen-bond donors (Lipinski definition) is 2. The SMILES string of the molecule is Cn1nnnc1Cc1nc2nc(NC(C)(C)C)nc(N3CCC(F)(F)C3)c2[nH]1. The van der Waals surface area contributed by atoms with Crippen molar-refractivity contribution in [2.45, 2.75) is 45.1 Å². The van der Waals surface area contributed by atoms with E-state index in [9.17, 15) is 8.78 Å². The highest BCUT2D eigenvalue weighted by atomic mass is 19.3. The van der Waals surface area contributed by atoms with Gasteiger partial charge in [0.2, 0.25) is 5.95 Å². The van der Waals surface area contributed by atoms with Crippen LogP contribution in [-0.2, 0) is 13.5 Å². The van der Waals surface area contributed by atoms with E-state index in [1.165, 1.54) is 0 Å². The normalized spacial score (nSPS) is 16.9. The standard InChI is InChI=1S/C16H22F2N10/c1-15(2,3)23-14-21-12-11(13(22-14)28-6-5-16(17,18)8-28)19-9(20-12)7-10-24-25-26-27(10)4/h5-8H2,1-4H3,(H2,19,20,21,22,23). The number of tetrazole rings is 1. The zero-order valence-electron chi connectivity index (χ0n) is 16.2. The van der Waals surface area contributed by atoms with Gasteiger partial charge in [0.05, 0.1) is 13.0 Å². The van der Waals surface area contributed by atoms with E-state index in [4.69, 9.17) is 0 Å². The molecule has 0 spiro atoms. The van der Waals surface area contributed by atoms with Crippen molar-refractivity contribution < 1.29 is 8.78 Å². The lowest BCUT2D eigenvalue weighted by Crippen LogP contribution is -2.29. The number of halogens is 2. The van der Waals surface area contributed by atoms with Crippen molar-refractivity contribution in [3.05, 3.63) is 11.6 Å². The number of alkyl halides is 2. The van der Waals surface area contributed by atoms with Gasteiger partial charge in [-0.05, 0) is 31.2 Å². The van der Waals surface area contributed by atoms with Gasteiger partial charge in [0.1, 0.15) is 11.3 Å². The van der Waals surface area contributed by atoms with Crippen LogP contribution in [0.1, 0.15) is 38.8 Å². The number of H-pyrrole nitrogens is 1. The first kappa shape index (κ1) is 18.4. The molecule has 1 aliphatic heterocycles. The van der Waals surface area contributed by atoms with Crippen LogP contribution in [-0.4, -0.2) is 64.7 Å². The molecular formula is C16H22F2N10. The minimum Gasteiger partial charge on any atom is -0.350 e. The number of hydrogen-bond acceptors (Lipinski definition) is 8. The van der Waals surface area contributed by atoms with Crippen molar-refractivity contribution in [2.75, 3.05) is 23.3 Å². The molecule has 1 saturated heterocycles. The van der Waals surface area contributed by atoms with Crippen LogP contribution in [0.25, 0.3) is 11.2 Å². The highest BCUT2D eigenvalue weighted by Gasteiger charge is 2.40. The van der Waals surface area contributed by atoms with Crippen molar-refractivity contribution in [3.63, 3.8) is 0 Å². The van der Waals surface area contributed by atoms with Gasteiger partial charge in [-0.25, -0.2) is 18.4 Å². The molecule has 4 heterocycles. The lowest BCUT2D eigenvalue weighted by molar-refractivity contribution is 0.0257. The Morgan fingerprint density at radius 1 is 1.21 bits per heavy atom. The van der Waals surface area contributed by atoms with Crippen LogP contribution in [0.5, 0.6) is 0 Å². The molecule has 10 nitrogen and oxygen atoms in total. The number of nitrogens with zero attached hydrogens (tertiary/aromatic N) is 8. The average molecular weight is 392 g/mol. The van der Waals surface area contributed by atoms with Crippen molar-refractivity contribution in [2.24, 2.45) is 7.05 Å². The van der Waals surface area contributed by atoms with Crippen LogP contribution in [0.3, 0.4) is 0 Å². The molecule has 0 amide bonds. The topological polar surface area (TPSA) is 113 Å². The molecule has 4 rings (SSSR count). The molecule has 0 unspecified atom stereocenters. The molecule has 0 atom stereocenters. The molecular weight excluding hydrogens is 370 g/mol. The third kappa shape index (κ3) is 3.71. The van der Waals surface area contributed by atoms with Gasteiger partial charge >= 0.3 is 0 Å². The maximum absolute atomic E-state index is 13.8. The Morgan fingerprint density at radius 2 is 2.00 bits per heavy atom. The highest BCUT2D eigenvalue weighted by molar-refractivity contribution is 5.85. The summed E-state index contributed by atoms with van der Waals surface area (Å²) < 4.78 is 29.2. The number of imidazole rings is 1. The first-order valence-corrected chi connectivity index (χ1v) is 8.98. The third-order valence-corrected chi connectivity index (χ3v) is 4.37. The minimum absolute atomic E-state index is 0.202. The second-order valence-corrected chi connectivity index (χ2v) is 8.05. The summed E-state index contributed by atoms with van der Waals surface area (Å²) in [7, 11) is 1.74. The molecule has 2 N–H and O–H groups in total. The fourth-order valence-electron chi connectivity index (χ4n) is 3.10.